The van der Waals surface area contributed by atoms with Crippen LogP contribution < -0.4 is 5.32 Å². The normalized spacial score (nSPS) is 12.5. The van der Waals surface area contributed by atoms with Crippen molar-refractivity contribution in [2.24, 2.45) is 0 Å². The van der Waals surface area contributed by atoms with Crippen LogP contribution in [0.25, 0.3) is 9.40 Å². The fourth-order valence-corrected chi connectivity index (χ4v) is 3.65. The summed E-state index contributed by atoms with van der Waals surface area (Å²) in [4.78, 5) is 23.3. The maximum Gasteiger partial charge on any atom is 0.305 e. The van der Waals surface area contributed by atoms with Gasteiger partial charge in [-0.3, -0.25) is 9.59 Å². The molecule has 0 aromatic carbocycles. The molecule has 2 rings (SSSR count). The first-order valence-corrected chi connectivity index (χ1v) is 7.29. The molecule has 2 aromatic rings. The molecular formula is C12H13NO3S2. The number of carbonyl (C=O) groups is 2. The quantitative estimate of drug-likeness (QED) is 0.886. The Morgan fingerprint density at radius 3 is 2.83 bits per heavy atom. The summed E-state index contributed by atoms with van der Waals surface area (Å²) < 4.78 is 2.19. The van der Waals surface area contributed by atoms with Gasteiger partial charge in [-0.25, -0.2) is 0 Å². The van der Waals surface area contributed by atoms with Crippen LogP contribution in [0, 0.1) is 0 Å². The van der Waals surface area contributed by atoms with Crippen LogP contribution in [0.15, 0.2) is 17.5 Å². The van der Waals surface area contributed by atoms with Crippen LogP contribution in [0.4, 0.5) is 0 Å². The largest absolute Gasteiger partial charge is 0.481 e. The number of hydrogen-bond acceptors (Lipinski definition) is 4. The van der Waals surface area contributed by atoms with Gasteiger partial charge in [0.15, 0.2) is 0 Å². The van der Waals surface area contributed by atoms with Gasteiger partial charge < -0.3 is 10.4 Å². The summed E-state index contributed by atoms with van der Waals surface area (Å²) in [5.74, 6) is -1.08. The Morgan fingerprint density at radius 2 is 2.22 bits per heavy atom. The minimum atomic E-state index is -0.894. The molecule has 0 aliphatic heterocycles. The van der Waals surface area contributed by atoms with E-state index in [0.29, 0.717) is 11.3 Å². The lowest BCUT2D eigenvalue weighted by Gasteiger charge is -2.13. The van der Waals surface area contributed by atoms with Gasteiger partial charge in [0.2, 0.25) is 0 Å². The molecular weight excluding hydrogens is 270 g/mol. The first-order chi connectivity index (χ1) is 8.60. The molecule has 4 nitrogen and oxygen atoms in total. The highest BCUT2D eigenvalue weighted by molar-refractivity contribution is 7.27. The molecule has 0 saturated carbocycles. The maximum atomic E-state index is 12.0. The van der Waals surface area contributed by atoms with Gasteiger partial charge in [0, 0.05) is 15.4 Å². The zero-order valence-corrected chi connectivity index (χ0v) is 11.4. The average molecular weight is 283 g/mol. The van der Waals surface area contributed by atoms with Crippen molar-refractivity contribution in [1.29, 1.82) is 0 Å². The Bertz CT molecular complexity index is 544. The number of rotatable bonds is 5. The third-order valence-corrected chi connectivity index (χ3v) is 4.70. The second kappa shape index (κ2) is 5.49. The summed E-state index contributed by atoms with van der Waals surface area (Å²) >= 11 is 3.03. The Kier molecular flexibility index (Phi) is 3.98. The number of aliphatic carboxylic acids is 1. The van der Waals surface area contributed by atoms with Crippen molar-refractivity contribution in [2.75, 3.05) is 0 Å². The number of carboxylic acids is 1. The van der Waals surface area contributed by atoms with Crippen LogP contribution >= 0.6 is 22.7 Å². The predicted molar refractivity (Wildman–Crippen MR) is 73.5 cm³/mol. The van der Waals surface area contributed by atoms with Crippen molar-refractivity contribution in [3.05, 3.63) is 22.4 Å². The van der Waals surface area contributed by atoms with Gasteiger partial charge >= 0.3 is 5.97 Å². The molecule has 0 aliphatic rings. The first kappa shape index (κ1) is 13.0. The SMILES string of the molecule is CCC(CC(=O)O)NC(=O)c1cc2sccc2s1. The van der Waals surface area contributed by atoms with E-state index in [1.165, 1.54) is 11.3 Å². The molecule has 0 bridgehead atoms. The molecule has 2 heterocycles. The van der Waals surface area contributed by atoms with Crippen LogP contribution in [0.5, 0.6) is 0 Å². The minimum Gasteiger partial charge on any atom is -0.481 e. The maximum absolute atomic E-state index is 12.0. The molecule has 1 atom stereocenters. The highest BCUT2D eigenvalue weighted by Gasteiger charge is 2.17. The van der Waals surface area contributed by atoms with E-state index in [-0.39, 0.29) is 18.4 Å². The molecule has 96 valence electrons. The zero-order chi connectivity index (χ0) is 13.1. The summed E-state index contributed by atoms with van der Waals surface area (Å²) in [6, 6.07) is 3.53. The number of thiophene rings is 2. The standard InChI is InChI=1S/C12H13NO3S2/c1-2-7(5-11(14)15)13-12(16)10-6-9-8(18-10)3-4-17-9/h3-4,6-7H,2,5H2,1H3,(H,13,16)(H,14,15). The number of carbonyl (C=O) groups excluding carboxylic acids is 1. The van der Waals surface area contributed by atoms with Crippen LogP contribution in [0.2, 0.25) is 0 Å². The van der Waals surface area contributed by atoms with Crippen molar-refractivity contribution in [2.45, 2.75) is 25.8 Å². The fraction of sp³-hybridized carbons (Fsp3) is 0.333. The van der Waals surface area contributed by atoms with Crippen molar-refractivity contribution in [3.63, 3.8) is 0 Å². The third kappa shape index (κ3) is 2.88. The van der Waals surface area contributed by atoms with E-state index < -0.39 is 5.97 Å². The third-order valence-electron chi connectivity index (χ3n) is 2.61. The second-order valence-corrected chi connectivity index (χ2v) is 5.97. The molecule has 2 aromatic heterocycles. The average Bonchev–Trinajstić information content (AvgIpc) is 2.87. The summed E-state index contributed by atoms with van der Waals surface area (Å²) in [6.07, 6.45) is 0.569. The van der Waals surface area contributed by atoms with Gasteiger partial charge in [0.05, 0.1) is 11.3 Å². The predicted octanol–water partition coefficient (Wildman–Crippen LogP) is 2.95. The lowest BCUT2D eigenvalue weighted by atomic mass is 10.1. The van der Waals surface area contributed by atoms with E-state index in [1.807, 2.05) is 24.4 Å². The molecule has 18 heavy (non-hydrogen) atoms. The van der Waals surface area contributed by atoms with Crippen molar-refractivity contribution in [3.8, 4) is 0 Å². The van der Waals surface area contributed by atoms with E-state index in [4.69, 9.17) is 5.11 Å². The molecule has 1 unspecified atom stereocenters. The monoisotopic (exact) mass is 283 g/mol. The fourth-order valence-electron chi connectivity index (χ4n) is 1.64. The van der Waals surface area contributed by atoms with Crippen molar-refractivity contribution < 1.29 is 14.7 Å². The Balaban J connectivity index is 2.06. The van der Waals surface area contributed by atoms with Gasteiger partial charge in [0.25, 0.3) is 5.91 Å². The van der Waals surface area contributed by atoms with E-state index in [9.17, 15) is 9.59 Å². The van der Waals surface area contributed by atoms with Crippen LogP contribution in [-0.4, -0.2) is 23.0 Å². The highest BCUT2D eigenvalue weighted by atomic mass is 32.1. The molecule has 0 radical (unpaired) electrons. The van der Waals surface area contributed by atoms with Crippen LogP contribution in [0.3, 0.4) is 0 Å². The number of carboxylic acid groups (broad SMARTS) is 1. The summed E-state index contributed by atoms with van der Waals surface area (Å²) in [5.41, 5.74) is 0. The first-order valence-electron chi connectivity index (χ1n) is 5.60. The number of fused-ring (bicyclic) bond motifs is 1. The smallest absolute Gasteiger partial charge is 0.305 e. The Labute approximate surface area is 112 Å². The van der Waals surface area contributed by atoms with Gasteiger partial charge in [-0.05, 0) is 23.9 Å². The summed E-state index contributed by atoms with van der Waals surface area (Å²) in [6.45, 7) is 1.86. The van der Waals surface area contributed by atoms with E-state index in [0.717, 1.165) is 9.40 Å². The molecule has 0 fully saturated rings. The number of nitrogens with one attached hydrogen (secondary N) is 1. The molecule has 6 heteroatoms. The Morgan fingerprint density at radius 1 is 1.44 bits per heavy atom. The lowest BCUT2D eigenvalue weighted by molar-refractivity contribution is -0.137. The van der Waals surface area contributed by atoms with Gasteiger partial charge in [0.1, 0.15) is 0 Å². The van der Waals surface area contributed by atoms with E-state index >= 15 is 0 Å². The van der Waals surface area contributed by atoms with Gasteiger partial charge in [-0.15, -0.1) is 22.7 Å². The van der Waals surface area contributed by atoms with Crippen molar-refractivity contribution in [1.82, 2.24) is 5.32 Å². The topological polar surface area (TPSA) is 66.4 Å². The highest BCUT2D eigenvalue weighted by Crippen LogP contribution is 2.29. The zero-order valence-electron chi connectivity index (χ0n) is 9.80. The van der Waals surface area contributed by atoms with Crippen LogP contribution in [0.1, 0.15) is 29.4 Å². The van der Waals surface area contributed by atoms with Gasteiger partial charge in [-0.2, -0.15) is 0 Å². The molecule has 1 amide bonds. The summed E-state index contributed by atoms with van der Waals surface area (Å²) in [7, 11) is 0. The Hall–Kier alpha value is -1.40. The summed E-state index contributed by atoms with van der Waals surface area (Å²) in [5, 5.41) is 13.5. The second-order valence-electron chi connectivity index (χ2n) is 3.94. The lowest BCUT2D eigenvalue weighted by Crippen LogP contribution is -2.35. The number of hydrogen-bond donors (Lipinski definition) is 2. The molecule has 0 spiro atoms. The van der Waals surface area contributed by atoms with E-state index in [2.05, 4.69) is 5.32 Å². The minimum absolute atomic E-state index is 0.0397. The van der Waals surface area contributed by atoms with E-state index in [1.54, 1.807) is 11.3 Å². The van der Waals surface area contributed by atoms with Crippen molar-refractivity contribution >= 4 is 43.9 Å². The molecule has 0 saturated heterocycles. The molecule has 0 aliphatic carbocycles. The molecule has 2 N–H and O–H groups in total. The van der Waals surface area contributed by atoms with Gasteiger partial charge in [-0.1, -0.05) is 6.92 Å². The van der Waals surface area contributed by atoms with Crippen LogP contribution in [-0.2, 0) is 4.79 Å². The number of amides is 1.